The second-order valence-electron chi connectivity index (χ2n) is 6.12. The number of hydrogen-bond acceptors (Lipinski definition) is 4. The molecule has 1 aromatic heterocycles. The second kappa shape index (κ2) is 5.56. The molecule has 0 aliphatic carbocycles. The summed E-state index contributed by atoms with van der Waals surface area (Å²) in [5.41, 5.74) is 0.709. The summed E-state index contributed by atoms with van der Waals surface area (Å²) in [6.07, 6.45) is 0.478. The Morgan fingerprint density at radius 3 is 2.60 bits per heavy atom. The number of halogens is 1. The van der Waals surface area contributed by atoms with E-state index in [0.717, 1.165) is 23.8 Å². The van der Waals surface area contributed by atoms with E-state index in [-0.39, 0.29) is 11.3 Å². The normalized spacial score (nSPS) is 16.9. The molecule has 0 radical (unpaired) electrons. The third-order valence-corrected chi connectivity index (χ3v) is 3.71. The van der Waals surface area contributed by atoms with Gasteiger partial charge in [-0.1, -0.05) is 32.4 Å². The van der Waals surface area contributed by atoms with E-state index in [1.54, 1.807) is 0 Å². The molecule has 1 aliphatic rings. The van der Waals surface area contributed by atoms with Crippen molar-refractivity contribution in [3.63, 3.8) is 0 Å². The van der Waals surface area contributed by atoms with Crippen molar-refractivity contribution >= 4 is 23.3 Å². The summed E-state index contributed by atoms with van der Waals surface area (Å²) in [6, 6.07) is 0. The lowest BCUT2D eigenvalue weighted by Crippen LogP contribution is -2.31. The maximum atomic E-state index is 11.4. The standard InChI is InChI=1S/C14H21ClN4O/c1-9-11(15)17-13(14(2,3)4)18-12(9)19-7-5-10(20)16-6-8-19/h5-8H2,1-4H3,(H,16,20). The van der Waals surface area contributed by atoms with E-state index in [1.807, 2.05) is 6.92 Å². The lowest BCUT2D eigenvalue weighted by Gasteiger charge is -2.26. The van der Waals surface area contributed by atoms with Gasteiger partial charge in [0.25, 0.3) is 0 Å². The quantitative estimate of drug-likeness (QED) is 0.806. The van der Waals surface area contributed by atoms with Gasteiger partial charge in [0.05, 0.1) is 0 Å². The number of carbonyl (C=O) groups excluding carboxylic acids is 1. The van der Waals surface area contributed by atoms with Crippen LogP contribution in [0.3, 0.4) is 0 Å². The lowest BCUT2D eigenvalue weighted by atomic mass is 9.95. The molecule has 5 nitrogen and oxygen atoms in total. The molecule has 1 aromatic rings. The first-order chi connectivity index (χ1) is 9.29. The molecule has 1 amide bonds. The van der Waals surface area contributed by atoms with Gasteiger partial charge in [-0.15, -0.1) is 0 Å². The van der Waals surface area contributed by atoms with Crippen LogP contribution < -0.4 is 10.2 Å². The molecule has 6 heteroatoms. The third kappa shape index (κ3) is 3.20. The number of rotatable bonds is 1. The molecule has 0 spiro atoms. The molecule has 1 N–H and O–H groups in total. The summed E-state index contributed by atoms with van der Waals surface area (Å²) >= 11 is 6.25. The van der Waals surface area contributed by atoms with Gasteiger partial charge in [0, 0.05) is 37.0 Å². The summed E-state index contributed by atoms with van der Waals surface area (Å²) in [5, 5.41) is 3.36. The molecule has 20 heavy (non-hydrogen) atoms. The maximum Gasteiger partial charge on any atom is 0.221 e. The molecule has 1 saturated heterocycles. The zero-order valence-electron chi connectivity index (χ0n) is 12.5. The highest BCUT2D eigenvalue weighted by Gasteiger charge is 2.24. The Morgan fingerprint density at radius 1 is 1.25 bits per heavy atom. The van der Waals surface area contributed by atoms with Crippen molar-refractivity contribution in [2.24, 2.45) is 0 Å². The largest absolute Gasteiger partial charge is 0.354 e. The monoisotopic (exact) mass is 296 g/mol. The number of amides is 1. The van der Waals surface area contributed by atoms with Crippen LogP contribution in [0.4, 0.5) is 5.82 Å². The van der Waals surface area contributed by atoms with Gasteiger partial charge in [0.1, 0.15) is 16.8 Å². The first kappa shape index (κ1) is 15.0. The van der Waals surface area contributed by atoms with E-state index in [4.69, 9.17) is 11.6 Å². The topological polar surface area (TPSA) is 58.1 Å². The first-order valence-electron chi connectivity index (χ1n) is 6.85. The smallest absolute Gasteiger partial charge is 0.221 e. The van der Waals surface area contributed by atoms with Crippen LogP contribution in [0.1, 0.15) is 38.6 Å². The van der Waals surface area contributed by atoms with E-state index in [0.29, 0.717) is 24.7 Å². The molecule has 0 atom stereocenters. The predicted molar refractivity (Wildman–Crippen MR) is 80.3 cm³/mol. The van der Waals surface area contributed by atoms with Crippen LogP contribution >= 0.6 is 11.6 Å². The average Bonchev–Trinajstić information content (AvgIpc) is 2.56. The summed E-state index contributed by atoms with van der Waals surface area (Å²) < 4.78 is 0. The number of carbonyl (C=O) groups is 1. The number of aromatic nitrogens is 2. The van der Waals surface area contributed by atoms with E-state index in [1.165, 1.54) is 0 Å². The summed E-state index contributed by atoms with van der Waals surface area (Å²) in [7, 11) is 0. The first-order valence-corrected chi connectivity index (χ1v) is 7.23. The molecule has 0 unspecified atom stereocenters. The number of nitrogens with one attached hydrogen (secondary N) is 1. The molecule has 110 valence electrons. The van der Waals surface area contributed by atoms with Gasteiger partial charge >= 0.3 is 0 Å². The van der Waals surface area contributed by atoms with Crippen LogP contribution in [0.15, 0.2) is 0 Å². The molecular formula is C14H21ClN4O. The van der Waals surface area contributed by atoms with Crippen LogP contribution in [0.2, 0.25) is 5.15 Å². The van der Waals surface area contributed by atoms with Crippen LogP contribution in [0.5, 0.6) is 0 Å². The molecule has 0 saturated carbocycles. The van der Waals surface area contributed by atoms with Crippen molar-refractivity contribution in [2.45, 2.75) is 39.5 Å². The number of anilines is 1. The molecule has 1 fully saturated rings. The van der Waals surface area contributed by atoms with Crippen molar-refractivity contribution in [3.05, 3.63) is 16.5 Å². The number of hydrogen-bond donors (Lipinski definition) is 1. The second-order valence-corrected chi connectivity index (χ2v) is 6.48. The SMILES string of the molecule is Cc1c(Cl)nc(C(C)(C)C)nc1N1CCNC(=O)CC1. The Balaban J connectivity index is 2.39. The van der Waals surface area contributed by atoms with Crippen molar-refractivity contribution in [2.75, 3.05) is 24.5 Å². The minimum atomic E-state index is -0.161. The van der Waals surface area contributed by atoms with Gasteiger partial charge in [-0.25, -0.2) is 9.97 Å². The van der Waals surface area contributed by atoms with Crippen molar-refractivity contribution in [1.82, 2.24) is 15.3 Å². The summed E-state index contributed by atoms with van der Waals surface area (Å²) in [6.45, 7) is 10.1. The molecule has 2 heterocycles. The van der Waals surface area contributed by atoms with Gasteiger partial charge in [-0.3, -0.25) is 4.79 Å². The lowest BCUT2D eigenvalue weighted by molar-refractivity contribution is -0.120. The molecule has 0 aromatic carbocycles. The van der Waals surface area contributed by atoms with Crippen LogP contribution in [0, 0.1) is 6.92 Å². The Kier molecular flexibility index (Phi) is 4.18. The van der Waals surface area contributed by atoms with Crippen LogP contribution in [0.25, 0.3) is 0 Å². The van der Waals surface area contributed by atoms with Gasteiger partial charge in [0.15, 0.2) is 0 Å². The fourth-order valence-electron chi connectivity index (χ4n) is 2.10. The Bertz CT molecular complexity index is 525. The zero-order valence-corrected chi connectivity index (χ0v) is 13.2. The summed E-state index contributed by atoms with van der Waals surface area (Å²) in [4.78, 5) is 22.6. The Hall–Kier alpha value is -1.36. The average molecular weight is 297 g/mol. The van der Waals surface area contributed by atoms with Crippen LogP contribution in [-0.2, 0) is 10.2 Å². The Morgan fingerprint density at radius 2 is 1.95 bits per heavy atom. The molecular weight excluding hydrogens is 276 g/mol. The fourth-order valence-corrected chi connectivity index (χ4v) is 2.26. The van der Waals surface area contributed by atoms with Crippen molar-refractivity contribution in [1.29, 1.82) is 0 Å². The molecule has 0 bridgehead atoms. The fraction of sp³-hybridized carbons (Fsp3) is 0.643. The van der Waals surface area contributed by atoms with E-state index in [2.05, 4.69) is 41.0 Å². The summed E-state index contributed by atoms with van der Waals surface area (Å²) in [5.74, 6) is 1.65. The van der Waals surface area contributed by atoms with E-state index >= 15 is 0 Å². The highest BCUT2D eigenvalue weighted by molar-refractivity contribution is 6.30. The van der Waals surface area contributed by atoms with Crippen molar-refractivity contribution in [3.8, 4) is 0 Å². The van der Waals surface area contributed by atoms with Crippen LogP contribution in [-0.4, -0.2) is 35.5 Å². The minimum absolute atomic E-state index is 0.0846. The van der Waals surface area contributed by atoms with Gasteiger partial charge in [0.2, 0.25) is 5.91 Å². The van der Waals surface area contributed by atoms with Gasteiger partial charge < -0.3 is 10.2 Å². The van der Waals surface area contributed by atoms with E-state index < -0.39 is 0 Å². The number of nitrogens with zero attached hydrogens (tertiary/aromatic N) is 3. The Labute approximate surface area is 124 Å². The third-order valence-electron chi connectivity index (χ3n) is 3.34. The van der Waals surface area contributed by atoms with E-state index in [9.17, 15) is 4.79 Å². The predicted octanol–water partition coefficient (Wildman–Crippen LogP) is 2.06. The molecule has 2 rings (SSSR count). The zero-order chi connectivity index (χ0) is 14.9. The molecule has 1 aliphatic heterocycles. The van der Waals surface area contributed by atoms with Gasteiger partial charge in [-0.2, -0.15) is 0 Å². The highest BCUT2D eigenvalue weighted by Crippen LogP contribution is 2.28. The van der Waals surface area contributed by atoms with Gasteiger partial charge in [-0.05, 0) is 6.92 Å². The maximum absolute atomic E-state index is 11.4. The minimum Gasteiger partial charge on any atom is -0.354 e. The van der Waals surface area contributed by atoms with Crippen molar-refractivity contribution < 1.29 is 4.79 Å². The highest BCUT2D eigenvalue weighted by atomic mass is 35.5.